The van der Waals surface area contributed by atoms with Crippen molar-refractivity contribution in [2.45, 2.75) is 32.5 Å². The average molecular weight is 457 g/mol. The molecule has 2 atom stereocenters. The lowest BCUT2D eigenvalue weighted by Gasteiger charge is -2.13. The number of hydrogen-bond donors (Lipinski definition) is 2. The van der Waals surface area contributed by atoms with E-state index < -0.39 is 12.2 Å². The Morgan fingerprint density at radius 2 is 1.88 bits per heavy atom. The minimum absolute atomic E-state index is 0.285. The minimum Gasteiger partial charge on any atom is -0.383 e. The second-order valence-corrected chi connectivity index (χ2v) is 7.80. The van der Waals surface area contributed by atoms with Crippen molar-refractivity contribution >= 4 is 17.0 Å². The first-order chi connectivity index (χ1) is 16.6. The summed E-state index contributed by atoms with van der Waals surface area (Å²) in [7, 11) is 0. The Kier molecular flexibility index (Phi) is 5.54. The zero-order valence-corrected chi connectivity index (χ0v) is 18.9. The van der Waals surface area contributed by atoms with Crippen molar-refractivity contribution < 1.29 is 4.39 Å². The Morgan fingerprint density at radius 1 is 1.03 bits per heavy atom. The van der Waals surface area contributed by atoms with Gasteiger partial charge in [-0.25, -0.2) is 24.0 Å². The standard InChI is InChI=1S/C23H19FN8.C2H6/c24-17-12-13-11-14(4-5-15(13)20(17)25)32-22(16-3-1-8-27-21(16)26)29-18-6-7-19(30-23(18)32)31-10-2-9-28-31;1-2/h1-11,17,20H,12,25H2,(H2,26,27);1-2H3. The lowest BCUT2D eigenvalue weighted by atomic mass is 10.1. The minimum atomic E-state index is -1.09. The summed E-state index contributed by atoms with van der Waals surface area (Å²) in [6, 6.07) is 14.4. The van der Waals surface area contributed by atoms with Crippen molar-refractivity contribution in [3.05, 3.63) is 78.2 Å². The number of nitrogen functional groups attached to an aromatic ring is 1. The van der Waals surface area contributed by atoms with Crippen LogP contribution in [-0.2, 0) is 6.42 Å². The second kappa shape index (κ2) is 8.68. The van der Waals surface area contributed by atoms with E-state index in [1.165, 1.54) is 0 Å². The highest BCUT2D eigenvalue weighted by Gasteiger charge is 2.30. The van der Waals surface area contributed by atoms with Gasteiger partial charge in [-0.2, -0.15) is 5.10 Å². The molecule has 0 fully saturated rings. The molecule has 9 heteroatoms. The molecule has 0 bridgehead atoms. The lowest BCUT2D eigenvalue weighted by molar-refractivity contribution is 0.303. The third-order valence-corrected chi connectivity index (χ3v) is 5.86. The molecule has 1 aliphatic carbocycles. The molecule has 0 aliphatic heterocycles. The SMILES string of the molecule is CC.Nc1ncccc1-c1nc2ccc(-n3cccn3)nc2n1-c1ccc2c(c1)CC(F)C2N. The highest BCUT2D eigenvalue weighted by atomic mass is 19.1. The predicted octanol–water partition coefficient (Wildman–Crippen LogP) is 4.17. The first-order valence-electron chi connectivity index (χ1n) is 11.2. The van der Waals surface area contributed by atoms with Crippen molar-refractivity contribution in [3.63, 3.8) is 0 Å². The number of nitrogens with zero attached hydrogens (tertiary/aromatic N) is 6. The van der Waals surface area contributed by atoms with Crippen molar-refractivity contribution in [2.75, 3.05) is 5.73 Å². The largest absolute Gasteiger partial charge is 0.383 e. The monoisotopic (exact) mass is 456 g/mol. The molecule has 5 aromatic rings. The number of nitrogens with two attached hydrogens (primary N) is 2. The molecule has 0 saturated carbocycles. The Morgan fingerprint density at radius 3 is 2.65 bits per heavy atom. The number of benzene rings is 1. The number of alkyl halides is 1. The van der Waals surface area contributed by atoms with Gasteiger partial charge in [0.05, 0.1) is 11.6 Å². The van der Waals surface area contributed by atoms with Gasteiger partial charge in [0.2, 0.25) is 0 Å². The number of imidazole rings is 1. The van der Waals surface area contributed by atoms with Crippen LogP contribution in [0.25, 0.3) is 34.1 Å². The summed E-state index contributed by atoms with van der Waals surface area (Å²) >= 11 is 0. The van der Waals surface area contributed by atoms with Gasteiger partial charge in [0.25, 0.3) is 0 Å². The zero-order valence-electron chi connectivity index (χ0n) is 18.9. The Hall–Kier alpha value is -4.11. The van der Waals surface area contributed by atoms with Gasteiger partial charge < -0.3 is 11.5 Å². The number of hydrogen-bond acceptors (Lipinski definition) is 6. The summed E-state index contributed by atoms with van der Waals surface area (Å²) in [5.74, 6) is 1.62. The highest BCUT2D eigenvalue weighted by Crippen LogP contribution is 2.36. The molecule has 0 spiro atoms. The maximum absolute atomic E-state index is 14.3. The fourth-order valence-electron chi connectivity index (χ4n) is 4.28. The van der Waals surface area contributed by atoms with E-state index in [1.807, 2.05) is 73.1 Å². The van der Waals surface area contributed by atoms with Gasteiger partial charge in [-0.3, -0.25) is 4.57 Å². The highest BCUT2D eigenvalue weighted by molar-refractivity contribution is 5.83. The maximum atomic E-state index is 14.3. The molecule has 1 aliphatic rings. The van der Waals surface area contributed by atoms with E-state index in [0.717, 1.165) is 16.8 Å². The number of rotatable bonds is 3. The molecule has 4 aromatic heterocycles. The summed E-state index contributed by atoms with van der Waals surface area (Å²) in [6.07, 6.45) is 4.36. The fourth-order valence-corrected chi connectivity index (χ4v) is 4.28. The summed E-state index contributed by atoms with van der Waals surface area (Å²) in [4.78, 5) is 13.9. The summed E-state index contributed by atoms with van der Waals surface area (Å²) < 4.78 is 17.9. The number of fused-ring (bicyclic) bond motifs is 2. The van der Waals surface area contributed by atoms with Gasteiger partial charge in [0.1, 0.15) is 17.5 Å². The first kappa shape index (κ1) is 21.7. The Labute approximate surface area is 196 Å². The topological polar surface area (TPSA) is 113 Å². The van der Waals surface area contributed by atoms with E-state index in [2.05, 4.69) is 10.1 Å². The molecule has 8 nitrogen and oxygen atoms in total. The molecule has 4 N–H and O–H groups in total. The van der Waals surface area contributed by atoms with Crippen molar-refractivity contribution in [3.8, 4) is 22.9 Å². The van der Waals surface area contributed by atoms with Crippen molar-refractivity contribution in [1.29, 1.82) is 0 Å². The molecule has 34 heavy (non-hydrogen) atoms. The third-order valence-electron chi connectivity index (χ3n) is 5.86. The zero-order chi connectivity index (χ0) is 23.8. The van der Waals surface area contributed by atoms with E-state index in [4.69, 9.17) is 21.4 Å². The van der Waals surface area contributed by atoms with Crippen LogP contribution in [0.2, 0.25) is 0 Å². The normalized spacial score (nSPS) is 16.8. The van der Waals surface area contributed by atoms with Crippen LogP contribution in [0.15, 0.2) is 67.1 Å². The number of pyridine rings is 2. The molecule has 2 unspecified atom stereocenters. The van der Waals surface area contributed by atoms with Crippen LogP contribution in [0.4, 0.5) is 10.2 Å². The third kappa shape index (κ3) is 3.50. The fraction of sp³-hybridized carbons (Fsp3) is 0.200. The summed E-state index contributed by atoms with van der Waals surface area (Å²) in [6.45, 7) is 4.00. The van der Waals surface area contributed by atoms with E-state index in [1.54, 1.807) is 17.1 Å². The van der Waals surface area contributed by atoms with E-state index in [-0.39, 0.29) is 6.42 Å². The van der Waals surface area contributed by atoms with Gasteiger partial charge in [0.15, 0.2) is 17.3 Å². The Balaban J connectivity index is 0.00000117. The molecule has 1 aromatic carbocycles. The first-order valence-corrected chi connectivity index (χ1v) is 11.2. The van der Waals surface area contributed by atoms with Crippen LogP contribution in [0.5, 0.6) is 0 Å². The molecule has 4 heterocycles. The maximum Gasteiger partial charge on any atom is 0.167 e. The van der Waals surface area contributed by atoms with E-state index >= 15 is 0 Å². The number of aromatic nitrogens is 6. The van der Waals surface area contributed by atoms with Crippen LogP contribution < -0.4 is 11.5 Å². The second-order valence-electron chi connectivity index (χ2n) is 7.80. The van der Waals surface area contributed by atoms with Gasteiger partial charge in [-0.15, -0.1) is 0 Å². The van der Waals surface area contributed by atoms with E-state index in [9.17, 15) is 4.39 Å². The molecule has 0 radical (unpaired) electrons. The van der Waals surface area contributed by atoms with Crippen LogP contribution >= 0.6 is 0 Å². The van der Waals surface area contributed by atoms with Crippen LogP contribution in [0.3, 0.4) is 0 Å². The molecule has 6 rings (SSSR count). The molecular formula is C25H25FN8. The summed E-state index contributed by atoms with van der Waals surface area (Å²) in [5.41, 5.74) is 16.7. The Bertz CT molecular complexity index is 1460. The lowest BCUT2D eigenvalue weighted by Crippen LogP contribution is -2.17. The molecule has 0 amide bonds. The molecule has 172 valence electrons. The van der Waals surface area contributed by atoms with Crippen molar-refractivity contribution in [1.82, 2.24) is 29.3 Å². The van der Waals surface area contributed by atoms with Crippen LogP contribution in [0.1, 0.15) is 31.0 Å². The number of halogens is 1. The van der Waals surface area contributed by atoms with Crippen molar-refractivity contribution in [2.24, 2.45) is 5.73 Å². The predicted molar refractivity (Wildman–Crippen MR) is 131 cm³/mol. The van der Waals surface area contributed by atoms with E-state index in [0.29, 0.717) is 34.2 Å². The average Bonchev–Trinajstić information content (AvgIpc) is 3.58. The molecular weight excluding hydrogens is 431 g/mol. The number of anilines is 1. The van der Waals surface area contributed by atoms with Crippen LogP contribution in [-0.4, -0.2) is 35.5 Å². The van der Waals surface area contributed by atoms with Gasteiger partial charge in [0, 0.05) is 30.7 Å². The smallest absolute Gasteiger partial charge is 0.167 e. The van der Waals surface area contributed by atoms with Crippen LogP contribution in [0, 0.1) is 0 Å². The summed E-state index contributed by atoms with van der Waals surface area (Å²) in [5, 5.41) is 4.28. The quantitative estimate of drug-likeness (QED) is 0.421. The molecule has 0 saturated heterocycles. The van der Waals surface area contributed by atoms with Gasteiger partial charge >= 0.3 is 0 Å². The van der Waals surface area contributed by atoms with Gasteiger partial charge in [-0.05, 0) is 53.6 Å². The van der Waals surface area contributed by atoms with Gasteiger partial charge in [-0.1, -0.05) is 19.9 Å².